The Morgan fingerprint density at radius 2 is 0.444 bits per heavy atom. The van der Waals surface area contributed by atoms with Crippen molar-refractivity contribution in [2.24, 2.45) is 0 Å². The minimum absolute atomic E-state index is 0.0847. The fraction of sp³-hybridized carbons (Fsp3) is 0.773. The number of rotatable bonds is 64. The van der Waals surface area contributed by atoms with Gasteiger partial charge in [-0.15, -0.1) is 0 Å². The zero-order valence-corrected chi connectivity index (χ0v) is 53.8. The van der Waals surface area contributed by atoms with Gasteiger partial charge in [0.1, 0.15) is 13.2 Å². The van der Waals surface area contributed by atoms with Crippen LogP contribution in [0.25, 0.3) is 0 Å². The topological polar surface area (TPSA) is 78.9 Å². The minimum Gasteiger partial charge on any atom is -0.462 e. The minimum atomic E-state index is -0.791. The van der Waals surface area contributed by atoms with Gasteiger partial charge in [0.05, 0.1) is 0 Å². The molecule has 0 heterocycles. The highest BCUT2D eigenvalue weighted by Gasteiger charge is 2.19. The third kappa shape index (κ3) is 67.3. The number of esters is 3. The van der Waals surface area contributed by atoms with Gasteiger partial charge >= 0.3 is 17.9 Å². The van der Waals surface area contributed by atoms with Crippen LogP contribution < -0.4 is 0 Å². The molecule has 0 radical (unpaired) electrons. The van der Waals surface area contributed by atoms with E-state index in [2.05, 4.69) is 106 Å². The van der Waals surface area contributed by atoms with E-state index in [0.717, 1.165) is 109 Å². The van der Waals surface area contributed by atoms with E-state index in [0.29, 0.717) is 19.3 Å². The van der Waals surface area contributed by atoms with Crippen LogP contribution in [0.3, 0.4) is 0 Å². The molecule has 0 aliphatic carbocycles. The third-order valence-electron chi connectivity index (χ3n) is 15.3. The summed E-state index contributed by atoms with van der Waals surface area (Å²) in [4.78, 5) is 38.4. The van der Waals surface area contributed by atoms with E-state index in [9.17, 15) is 14.4 Å². The number of carbonyl (C=O) groups excluding carboxylic acids is 3. The monoisotopic (exact) mass is 1130 g/mol. The van der Waals surface area contributed by atoms with Gasteiger partial charge < -0.3 is 14.2 Å². The maximum absolute atomic E-state index is 12.9. The van der Waals surface area contributed by atoms with Crippen LogP contribution in [-0.2, 0) is 28.6 Å². The van der Waals surface area contributed by atoms with Gasteiger partial charge in [0.2, 0.25) is 0 Å². The van der Waals surface area contributed by atoms with E-state index in [4.69, 9.17) is 14.2 Å². The summed E-state index contributed by atoms with van der Waals surface area (Å²) < 4.78 is 17.0. The number of ether oxygens (including phenoxy) is 3. The lowest BCUT2D eigenvalue weighted by Gasteiger charge is -2.18. The molecular formula is C75H132O6. The van der Waals surface area contributed by atoms with E-state index in [-0.39, 0.29) is 31.1 Å². The molecule has 0 rings (SSSR count). The van der Waals surface area contributed by atoms with Crippen LogP contribution in [0, 0.1) is 0 Å². The molecule has 0 aromatic carbocycles. The molecule has 0 aliphatic rings. The lowest BCUT2D eigenvalue weighted by molar-refractivity contribution is -0.167. The number of unbranched alkanes of at least 4 members (excludes halogenated alkanes) is 39. The Kier molecular flexibility index (Phi) is 66.2. The van der Waals surface area contributed by atoms with Crippen molar-refractivity contribution < 1.29 is 28.6 Å². The number of carbonyl (C=O) groups is 3. The van der Waals surface area contributed by atoms with E-state index in [1.54, 1.807) is 0 Å². The van der Waals surface area contributed by atoms with Crippen molar-refractivity contribution in [2.75, 3.05) is 13.2 Å². The van der Waals surface area contributed by atoms with Gasteiger partial charge in [-0.2, -0.15) is 0 Å². The molecule has 468 valence electrons. The molecule has 1 unspecified atom stereocenters. The molecule has 0 saturated heterocycles. The molecule has 6 heteroatoms. The fourth-order valence-electron chi connectivity index (χ4n) is 10.0. The maximum Gasteiger partial charge on any atom is 0.306 e. The van der Waals surface area contributed by atoms with Crippen LogP contribution >= 0.6 is 0 Å². The lowest BCUT2D eigenvalue weighted by atomic mass is 10.0. The first-order valence-corrected chi connectivity index (χ1v) is 35.1. The van der Waals surface area contributed by atoms with Crippen molar-refractivity contribution in [2.45, 2.75) is 361 Å². The summed E-state index contributed by atoms with van der Waals surface area (Å²) in [6.07, 6.45) is 91.7. The molecule has 0 bridgehead atoms. The largest absolute Gasteiger partial charge is 0.462 e. The van der Waals surface area contributed by atoms with E-state index in [1.807, 2.05) is 0 Å². The maximum atomic E-state index is 12.9. The molecule has 0 aliphatic heterocycles. The summed E-state index contributed by atoms with van der Waals surface area (Å²) in [7, 11) is 0. The average Bonchev–Trinajstić information content (AvgIpc) is 3.47. The third-order valence-corrected chi connectivity index (χ3v) is 15.3. The molecule has 0 saturated carbocycles. The van der Waals surface area contributed by atoms with Crippen LogP contribution in [0.2, 0.25) is 0 Å². The SMILES string of the molecule is CCCCC/C=C\C/C=C\CCCCCCCC(=O)OCC(COC(=O)CCCCCCCCCCCCCCCCC/C=C\C/C=C\CCCCCCC)OC(=O)CCCCCCCC/C=C\C/C=C\C/C=C\CCCCCCC. The van der Waals surface area contributed by atoms with Crippen molar-refractivity contribution in [3.8, 4) is 0 Å². The summed E-state index contributed by atoms with van der Waals surface area (Å²) in [6, 6.07) is 0. The van der Waals surface area contributed by atoms with Crippen LogP contribution in [0.1, 0.15) is 355 Å². The van der Waals surface area contributed by atoms with Gasteiger partial charge in [0.15, 0.2) is 6.10 Å². The molecule has 81 heavy (non-hydrogen) atoms. The summed E-state index contributed by atoms with van der Waals surface area (Å²) in [5, 5.41) is 0. The lowest BCUT2D eigenvalue weighted by Crippen LogP contribution is -2.30. The zero-order chi connectivity index (χ0) is 58.5. The van der Waals surface area contributed by atoms with Crippen LogP contribution in [-0.4, -0.2) is 37.2 Å². The summed E-state index contributed by atoms with van der Waals surface area (Å²) in [5.41, 5.74) is 0. The van der Waals surface area contributed by atoms with Crippen molar-refractivity contribution in [1.82, 2.24) is 0 Å². The predicted molar refractivity (Wildman–Crippen MR) is 353 cm³/mol. The Balaban J connectivity index is 4.33. The first-order valence-electron chi connectivity index (χ1n) is 35.1. The van der Waals surface area contributed by atoms with Crippen LogP contribution in [0.4, 0.5) is 0 Å². The Morgan fingerprint density at radius 3 is 0.716 bits per heavy atom. The Labute approximate surface area is 503 Å². The van der Waals surface area contributed by atoms with Crippen molar-refractivity contribution in [1.29, 1.82) is 0 Å². The number of hydrogen-bond donors (Lipinski definition) is 0. The van der Waals surface area contributed by atoms with Crippen molar-refractivity contribution in [3.05, 3.63) is 85.1 Å². The average molecular weight is 1130 g/mol. The van der Waals surface area contributed by atoms with Crippen LogP contribution in [0.15, 0.2) is 85.1 Å². The van der Waals surface area contributed by atoms with Gasteiger partial charge in [0, 0.05) is 19.3 Å². The molecule has 0 aromatic heterocycles. The standard InChI is InChI=1S/C75H132O6/c1-4-7-10-13-16-19-22-25-28-30-32-34-35-36-37-38-39-41-42-44-47-50-53-56-59-62-65-68-74(77)80-71-72(70-79-73(76)67-64-61-58-55-52-49-46-27-24-21-18-15-12-9-6-3)81-75(78)69-66-63-60-57-54-51-48-45-43-40-33-31-29-26-23-20-17-14-11-8-5-2/h18,21-23,25-27,30-33,43,45-46,72H,4-17,19-20,24,28-29,34-42,44,47-71H2,1-3H3/b21-18-,25-22-,26-23-,32-30-,33-31-,45-43-,46-27-. The quantitative estimate of drug-likeness (QED) is 0.0261. The predicted octanol–water partition coefficient (Wildman–Crippen LogP) is 24.2. The van der Waals surface area contributed by atoms with Crippen LogP contribution in [0.5, 0.6) is 0 Å². The zero-order valence-electron chi connectivity index (χ0n) is 53.8. The van der Waals surface area contributed by atoms with Gasteiger partial charge in [0.25, 0.3) is 0 Å². The first-order chi connectivity index (χ1) is 40.0. The second-order valence-electron chi connectivity index (χ2n) is 23.4. The highest BCUT2D eigenvalue weighted by Crippen LogP contribution is 2.17. The van der Waals surface area contributed by atoms with E-state index >= 15 is 0 Å². The van der Waals surface area contributed by atoms with Gasteiger partial charge in [-0.3, -0.25) is 14.4 Å². The number of hydrogen-bond acceptors (Lipinski definition) is 6. The normalized spacial score (nSPS) is 12.6. The smallest absolute Gasteiger partial charge is 0.306 e. The van der Waals surface area contributed by atoms with Gasteiger partial charge in [-0.05, 0) is 122 Å². The van der Waals surface area contributed by atoms with E-state index < -0.39 is 6.10 Å². The highest BCUT2D eigenvalue weighted by atomic mass is 16.6. The summed E-state index contributed by atoms with van der Waals surface area (Å²) >= 11 is 0. The number of allylic oxidation sites excluding steroid dienone is 14. The molecule has 1 atom stereocenters. The molecule has 0 N–H and O–H groups in total. The molecule has 0 fully saturated rings. The highest BCUT2D eigenvalue weighted by molar-refractivity contribution is 5.71. The van der Waals surface area contributed by atoms with Crippen molar-refractivity contribution >= 4 is 17.9 Å². The second-order valence-corrected chi connectivity index (χ2v) is 23.4. The first kappa shape index (κ1) is 77.6. The van der Waals surface area contributed by atoms with Gasteiger partial charge in [-0.25, -0.2) is 0 Å². The van der Waals surface area contributed by atoms with Gasteiger partial charge in [-0.1, -0.05) is 298 Å². The Bertz CT molecular complexity index is 1530. The molecule has 6 nitrogen and oxygen atoms in total. The summed E-state index contributed by atoms with van der Waals surface area (Å²) in [6.45, 7) is 6.61. The Morgan fingerprint density at radius 1 is 0.247 bits per heavy atom. The summed E-state index contributed by atoms with van der Waals surface area (Å²) in [5.74, 6) is -0.896. The Hall–Kier alpha value is -3.41. The van der Waals surface area contributed by atoms with Crippen molar-refractivity contribution in [3.63, 3.8) is 0 Å². The molecule has 0 aromatic rings. The fourth-order valence-corrected chi connectivity index (χ4v) is 10.0. The molecule has 0 amide bonds. The second kappa shape index (κ2) is 69.1. The molecular weight excluding hydrogens is 997 g/mol. The van der Waals surface area contributed by atoms with E-state index in [1.165, 1.54) is 205 Å². The molecule has 0 spiro atoms.